The molecule has 3 heteroatoms. The summed E-state index contributed by atoms with van der Waals surface area (Å²) in [5.41, 5.74) is 8.34. The fraction of sp³-hybridized carbons (Fsp3) is 0.0233. The van der Waals surface area contributed by atoms with E-state index in [1.165, 1.54) is 16.2 Å². The van der Waals surface area contributed by atoms with Crippen LogP contribution in [0.15, 0.2) is 173 Å². The van der Waals surface area contributed by atoms with E-state index in [0.717, 1.165) is 60.9 Å². The van der Waals surface area contributed by atoms with Gasteiger partial charge in [-0.05, 0) is 69.4 Å². The molecule has 0 aliphatic rings. The Bertz CT molecular complexity index is 2500. The van der Waals surface area contributed by atoms with Gasteiger partial charge < -0.3 is 4.42 Å². The maximum absolute atomic E-state index is 6.45. The topological polar surface area (TPSA) is 37.9 Å². The Kier molecular flexibility index (Phi) is 6.85. The van der Waals surface area contributed by atoms with E-state index in [2.05, 4.69) is 110 Å². The van der Waals surface area contributed by atoms with Crippen LogP contribution in [-0.2, 0) is 0 Å². The van der Waals surface area contributed by atoms with Gasteiger partial charge in [-0.25, -0.2) is 9.98 Å². The highest BCUT2D eigenvalue weighted by molar-refractivity contribution is 6.24. The molecule has 0 amide bonds. The van der Waals surface area contributed by atoms with Gasteiger partial charge in [-0.3, -0.25) is 0 Å². The second-order valence-corrected chi connectivity index (χ2v) is 11.5. The molecule has 0 bridgehead atoms. The summed E-state index contributed by atoms with van der Waals surface area (Å²) in [6.45, 7) is 6.36. The van der Waals surface area contributed by atoms with Crippen molar-refractivity contribution in [3.63, 3.8) is 0 Å². The van der Waals surface area contributed by atoms with Crippen LogP contribution in [0.2, 0.25) is 0 Å². The van der Waals surface area contributed by atoms with Gasteiger partial charge in [0.05, 0.1) is 5.70 Å². The van der Waals surface area contributed by atoms with Crippen LogP contribution in [0.3, 0.4) is 0 Å². The van der Waals surface area contributed by atoms with Crippen LogP contribution >= 0.6 is 0 Å². The van der Waals surface area contributed by atoms with E-state index >= 15 is 0 Å². The second-order valence-electron chi connectivity index (χ2n) is 11.5. The van der Waals surface area contributed by atoms with Crippen molar-refractivity contribution in [3.8, 4) is 11.1 Å². The zero-order chi connectivity index (χ0) is 31.0. The van der Waals surface area contributed by atoms with Gasteiger partial charge in [-0.15, -0.1) is 0 Å². The second kappa shape index (κ2) is 11.5. The lowest BCUT2D eigenvalue weighted by molar-refractivity contribution is 0.669. The highest BCUT2D eigenvalue weighted by atomic mass is 16.3. The number of benzene rings is 7. The zero-order valence-corrected chi connectivity index (χ0v) is 25.4. The van der Waals surface area contributed by atoms with E-state index in [1.54, 1.807) is 0 Å². The van der Waals surface area contributed by atoms with E-state index in [-0.39, 0.29) is 0 Å². The van der Waals surface area contributed by atoms with Gasteiger partial charge in [0.15, 0.2) is 5.84 Å². The van der Waals surface area contributed by atoms with Crippen molar-refractivity contribution in [2.24, 2.45) is 9.98 Å². The first-order chi connectivity index (χ1) is 22.6. The largest absolute Gasteiger partial charge is 0.456 e. The Balaban J connectivity index is 1.32. The molecule has 0 atom stereocenters. The quantitative estimate of drug-likeness (QED) is 0.145. The summed E-state index contributed by atoms with van der Waals surface area (Å²) < 4.78 is 6.45. The standard InChI is InChI=1S/C43H30N2O/c1-28(30-12-4-3-5-13-30)44-43(36-25-23-32-15-7-9-17-34(32)27-36)45-29(2)37-18-10-20-39-41(37)42-38(19-11-21-40(42)46-39)35-24-22-31-14-6-8-16-33(31)26-35/h3-27H,1H2,2H3/b44-43-,45-29+. The molecule has 0 N–H and O–H groups in total. The minimum Gasteiger partial charge on any atom is -0.456 e. The minimum absolute atomic E-state index is 0.608. The molecule has 0 spiro atoms. The summed E-state index contributed by atoms with van der Waals surface area (Å²) in [4.78, 5) is 10.3. The Hall–Kier alpha value is -6.06. The summed E-state index contributed by atoms with van der Waals surface area (Å²) in [5, 5.41) is 6.85. The Morgan fingerprint density at radius 3 is 1.91 bits per heavy atom. The van der Waals surface area contributed by atoms with Crippen LogP contribution < -0.4 is 0 Å². The fourth-order valence-electron chi connectivity index (χ4n) is 6.29. The summed E-state index contributed by atoms with van der Waals surface area (Å²) in [6.07, 6.45) is 0. The zero-order valence-electron chi connectivity index (χ0n) is 25.4. The first kappa shape index (κ1) is 27.5. The van der Waals surface area contributed by atoms with Gasteiger partial charge in [0.2, 0.25) is 0 Å². The summed E-state index contributed by atoms with van der Waals surface area (Å²) >= 11 is 0. The first-order valence-corrected chi connectivity index (χ1v) is 15.4. The summed E-state index contributed by atoms with van der Waals surface area (Å²) in [7, 11) is 0. The number of fused-ring (bicyclic) bond motifs is 5. The lowest BCUT2D eigenvalue weighted by Crippen LogP contribution is -2.05. The monoisotopic (exact) mass is 590 g/mol. The van der Waals surface area contributed by atoms with E-state index in [1.807, 2.05) is 55.5 Å². The average molecular weight is 591 g/mol. The molecule has 0 radical (unpaired) electrons. The number of nitrogens with zero attached hydrogens (tertiary/aromatic N) is 2. The highest BCUT2D eigenvalue weighted by Crippen LogP contribution is 2.39. The van der Waals surface area contributed by atoms with E-state index in [0.29, 0.717) is 11.5 Å². The predicted octanol–water partition coefficient (Wildman–Crippen LogP) is 11.5. The number of aliphatic imine (C=N–C) groups is 2. The maximum Gasteiger partial charge on any atom is 0.160 e. The predicted molar refractivity (Wildman–Crippen MR) is 195 cm³/mol. The maximum atomic E-state index is 6.45. The van der Waals surface area contributed by atoms with Gasteiger partial charge in [0, 0.05) is 27.6 Å². The van der Waals surface area contributed by atoms with Crippen molar-refractivity contribution in [2.75, 3.05) is 0 Å². The van der Waals surface area contributed by atoms with Gasteiger partial charge in [-0.1, -0.05) is 134 Å². The van der Waals surface area contributed by atoms with Crippen molar-refractivity contribution in [1.29, 1.82) is 0 Å². The van der Waals surface area contributed by atoms with Crippen LogP contribution in [0.5, 0.6) is 0 Å². The average Bonchev–Trinajstić information content (AvgIpc) is 3.50. The van der Waals surface area contributed by atoms with E-state index in [9.17, 15) is 0 Å². The van der Waals surface area contributed by atoms with Crippen molar-refractivity contribution < 1.29 is 4.42 Å². The van der Waals surface area contributed by atoms with Crippen LogP contribution in [0, 0.1) is 0 Å². The third-order valence-corrected chi connectivity index (χ3v) is 8.60. The molecule has 0 aliphatic heterocycles. The van der Waals surface area contributed by atoms with Crippen molar-refractivity contribution >= 4 is 60.7 Å². The highest BCUT2D eigenvalue weighted by Gasteiger charge is 2.18. The molecular weight excluding hydrogens is 560 g/mol. The third kappa shape index (κ3) is 4.98. The lowest BCUT2D eigenvalue weighted by Gasteiger charge is -2.10. The van der Waals surface area contributed by atoms with Crippen molar-refractivity contribution in [2.45, 2.75) is 6.92 Å². The number of rotatable bonds is 5. The molecule has 0 unspecified atom stereocenters. The molecule has 1 aromatic heterocycles. The molecule has 0 saturated carbocycles. The SMILES string of the molecule is C=C(/N=C(\N=C(/C)c1cccc2oc3cccc(-c4ccc5ccccc5c4)c3c12)c1ccc2ccccc2c1)c1ccccc1. The molecule has 0 saturated heterocycles. The first-order valence-electron chi connectivity index (χ1n) is 15.4. The summed E-state index contributed by atoms with van der Waals surface area (Å²) in [5.74, 6) is 0.608. The van der Waals surface area contributed by atoms with Gasteiger partial charge in [-0.2, -0.15) is 0 Å². The van der Waals surface area contributed by atoms with Crippen molar-refractivity contribution in [1.82, 2.24) is 0 Å². The number of hydrogen-bond acceptors (Lipinski definition) is 2. The molecule has 3 nitrogen and oxygen atoms in total. The molecular formula is C43H30N2O. The Labute approximate surface area is 267 Å². The Morgan fingerprint density at radius 2 is 1.15 bits per heavy atom. The van der Waals surface area contributed by atoms with Crippen LogP contribution in [0.4, 0.5) is 0 Å². The van der Waals surface area contributed by atoms with Gasteiger partial charge in [0.1, 0.15) is 11.2 Å². The molecule has 1 heterocycles. The molecule has 8 rings (SSSR count). The fourth-order valence-corrected chi connectivity index (χ4v) is 6.29. The van der Waals surface area contributed by atoms with Crippen LogP contribution in [-0.4, -0.2) is 11.5 Å². The third-order valence-electron chi connectivity index (χ3n) is 8.60. The lowest BCUT2D eigenvalue weighted by atomic mass is 9.95. The molecule has 46 heavy (non-hydrogen) atoms. The van der Waals surface area contributed by atoms with Crippen LogP contribution in [0.25, 0.3) is 60.3 Å². The van der Waals surface area contributed by atoms with Crippen LogP contribution in [0.1, 0.15) is 23.6 Å². The molecule has 0 fully saturated rings. The normalized spacial score (nSPS) is 12.4. The molecule has 218 valence electrons. The Morgan fingerprint density at radius 1 is 0.522 bits per heavy atom. The van der Waals surface area contributed by atoms with E-state index < -0.39 is 0 Å². The number of amidine groups is 1. The number of furan rings is 1. The van der Waals surface area contributed by atoms with Gasteiger partial charge >= 0.3 is 0 Å². The summed E-state index contributed by atoms with van der Waals surface area (Å²) in [6, 6.07) is 52.3. The van der Waals surface area contributed by atoms with Crippen molar-refractivity contribution in [3.05, 3.63) is 175 Å². The molecule has 8 aromatic rings. The van der Waals surface area contributed by atoms with E-state index in [4.69, 9.17) is 14.4 Å². The minimum atomic E-state index is 0.608. The smallest absolute Gasteiger partial charge is 0.160 e. The molecule has 0 aliphatic carbocycles. The van der Waals surface area contributed by atoms with Gasteiger partial charge in [0.25, 0.3) is 0 Å². The molecule has 7 aromatic carbocycles. The number of hydrogen-bond donors (Lipinski definition) is 0.